The molecule has 1 atom stereocenters. The van der Waals surface area contributed by atoms with E-state index in [0.717, 1.165) is 4.90 Å². The third-order valence-electron chi connectivity index (χ3n) is 5.69. The van der Waals surface area contributed by atoms with E-state index in [-0.39, 0.29) is 48.9 Å². The number of amidine groups is 1. The summed E-state index contributed by atoms with van der Waals surface area (Å²) in [7, 11) is 0. The number of aliphatic carboxylic acids is 1. The fraction of sp³-hybridized carbons (Fsp3) is 0.310. The zero-order valence-electron chi connectivity index (χ0n) is 23.0. The number of carbonyl (C=O) groups excluding carboxylic acids is 4. The molecule has 1 amide bonds. The van der Waals surface area contributed by atoms with Gasteiger partial charge >= 0.3 is 23.9 Å². The van der Waals surface area contributed by atoms with Crippen LogP contribution in [0, 0.1) is 5.41 Å². The number of esters is 3. The van der Waals surface area contributed by atoms with Gasteiger partial charge in [0.1, 0.15) is 17.6 Å². The molecule has 2 rings (SSSR count). The summed E-state index contributed by atoms with van der Waals surface area (Å²) in [6, 6.07) is 10.7. The SMILES string of the molecule is CCOC(=O)CCN(C(=O)C(C)=Cc1ccc(C(=O)Oc2ccc(C(=N)N)cc2)cc1)[C@@H](CC(=O)OCC)C(=O)O. The van der Waals surface area contributed by atoms with E-state index in [4.69, 9.17) is 25.4 Å². The highest BCUT2D eigenvalue weighted by Gasteiger charge is 2.33. The number of nitrogens with two attached hydrogens (primary N) is 1. The zero-order chi connectivity index (χ0) is 30.5. The predicted octanol–water partition coefficient (Wildman–Crippen LogP) is 2.78. The van der Waals surface area contributed by atoms with E-state index in [2.05, 4.69) is 0 Å². The van der Waals surface area contributed by atoms with Gasteiger partial charge in [0.25, 0.3) is 0 Å². The number of nitrogens with one attached hydrogen (secondary N) is 1. The first kappa shape index (κ1) is 32.2. The minimum Gasteiger partial charge on any atom is -0.480 e. The van der Waals surface area contributed by atoms with Gasteiger partial charge in [-0.15, -0.1) is 0 Å². The minimum atomic E-state index is -1.57. The van der Waals surface area contributed by atoms with Crippen molar-refractivity contribution < 1.29 is 43.3 Å². The van der Waals surface area contributed by atoms with Crippen molar-refractivity contribution in [3.8, 4) is 5.75 Å². The Morgan fingerprint density at radius 3 is 2.02 bits per heavy atom. The van der Waals surface area contributed by atoms with Crippen LogP contribution in [0.2, 0.25) is 0 Å². The molecule has 0 heterocycles. The van der Waals surface area contributed by atoms with E-state index in [9.17, 15) is 29.1 Å². The molecule has 12 nitrogen and oxygen atoms in total. The smallest absolute Gasteiger partial charge is 0.343 e. The Balaban J connectivity index is 2.22. The van der Waals surface area contributed by atoms with Gasteiger partial charge in [0, 0.05) is 17.7 Å². The molecule has 0 aromatic heterocycles. The van der Waals surface area contributed by atoms with Crippen molar-refractivity contribution in [2.24, 2.45) is 5.73 Å². The lowest BCUT2D eigenvalue weighted by molar-refractivity contribution is -0.156. The molecule has 0 aliphatic heterocycles. The van der Waals surface area contributed by atoms with Crippen molar-refractivity contribution in [3.63, 3.8) is 0 Å². The third kappa shape index (κ3) is 9.92. The monoisotopic (exact) mass is 567 g/mol. The zero-order valence-corrected chi connectivity index (χ0v) is 23.0. The minimum absolute atomic E-state index is 0.0383. The van der Waals surface area contributed by atoms with Gasteiger partial charge in [-0.05, 0) is 68.8 Å². The molecule has 0 bridgehead atoms. The molecule has 0 saturated heterocycles. The van der Waals surface area contributed by atoms with Crippen LogP contribution in [-0.2, 0) is 28.7 Å². The maximum atomic E-state index is 13.3. The van der Waals surface area contributed by atoms with Gasteiger partial charge in [-0.2, -0.15) is 0 Å². The van der Waals surface area contributed by atoms with Gasteiger partial charge in [-0.25, -0.2) is 9.59 Å². The molecule has 0 aliphatic carbocycles. The van der Waals surface area contributed by atoms with Gasteiger partial charge in [0.05, 0.1) is 31.6 Å². The van der Waals surface area contributed by atoms with Gasteiger partial charge in [0.2, 0.25) is 5.91 Å². The molecule has 0 spiro atoms. The van der Waals surface area contributed by atoms with Crippen LogP contribution in [0.3, 0.4) is 0 Å². The number of nitrogen functional groups attached to an aromatic ring is 1. The van der Waals surface area contributed by atoms with Crippen molar-refractivity contribution in [1.82, 2.24) is 4.90 Å². The predicted molar refractivity (Wildman–Crippen MR) is 148 cm³/mol. The van der Waals surface area contributed by atoms with Crippen LogP contribution in [0.1, 0.15) is 55.1 Å². The number of rotatable bonds is 14. The highest BCUT2D eigenvalue weighted by atomic mass is 16.5. The molecule has 0 unspecified atom stereocenters. The Bertz CT molecular complexity index is 1300. The van der Waals surface area contributed by atoms with Crippen LogP contribution < -0.4 is 10.5 Å². The first-order valence-electron chi connectivity index (χ1n) is 12.8. The third-order valence-corrected chi connectivity index (χ3v) is 5.69. The van der Waals surface area contributed by atoms with Gasteiger partial charge < -0.3 is 30.0 Å². The molecular weight excluding hydrogens is 534 g/mol. The number of carbonyl (C=O) groups is 5. The largest absolute Gasteiger partial charge is 0.480 e. The lowest BCUT2D eigenvalue weighted by atomic mass is 10.1. The summed E-state index contributed by atoms with van der Waals surface area (Å²) in [5.41, 5.74) is 6.80. The summed E-state index contributed by atoms with van der Waals surface area (Å²) in [5, 5.41) is 17.2. The molecular formula is C29H33N3O9. The molecule has 0 fully saturated rings. The molecule has 0 aliphatic rings. The number of nitrogens with zero attached hydrogens (tertiary/aromatic N) is 1. The van der Waals surface area contributed by atoms with Gasteiger partial charge in [-0.1, -0.05) is 12.1 Å². The standard InChI is InChI=1S/C29H33N3O9/c1-4-39-24(33)14-15-32(23(28(36)37)17-25(34)40-5-2)27(35)18(3)16-19-6-8-21(9-7-19)29(38)41-22-12-10-20(11-13-22)26(30)31/h6-13,16,23H,4-5,14-15,17H2,1-3H3,(H3,30,31)(H,36,37)/t23-/m0/s1. The van der Waals surface area contributed by atoms with Crippen LogP contribution in [0.15, 0.2) is 54.1 Å². The average molecular weight is 568 g/mol. The van der Waals surface area contributed by atoms with Gasteiger partial charge in [0.15, 0.2) is 0 Å². The Kier molecular flexibility index (Phi) is 12.2. The quantitative estimate of drug-likeness (QED) is 0.101. The topological polar surface area (TPSA) is 186 Å². The summed E-state index contributed by atoms with van der Waals surface area (Å²) in [6.45, 7) is 4.52. The number of benzene rings is 2. The van der Waals surface area contributed by atoms with E-state index in [1.807, 2.05) is 0 Å². The summed E-state index contributed by atoms with van der Waals surface area (Å²) in [6.07, 6.45) is 0.617. The average Bonchev–Trinajstić information content (AvgIpc) is 2.93. The first-order chi connectivity index (χ1) is 19.5. The van der Waals surface area contributed by atoms with Crippen molar-refractivity contribution >= 4 is 41.7 Å². The van der Waals surface area contributed by atoms with Crippen LogP contribution >= 0.6 is 0 Å². The maximum absolute atomic E-state index is 13.3. The highest BCUT2D eigenvalue weighted by Crippen LogP contribution is 2.18. The number of hydrogen-bond acceptors (Lipinski definition) is 9. The summed E-state index contributed by atoms with van der Waals surface area (Å²) in [5.74, 6) is -4.02. The number of carboxylic acids is 1. The highest BCUT2D eigenvalue weighted by molar-refractivity contribution is 6.00. The Morgan fingerprint density at radius 1 is 0.927 bits per heavy atom. The molecule has 0 radical (unpaired) electrons. The summed E-state index contributed by atoms with van der Waals surface area (Å²) < 4.78 is 15.1. The van der Waals surface area contributed by atoms with Gasteiger partial charge in [-0.3, -0.25) is 19.8 Å². The lowest BCUT2D eigenvalue weighted by Crippen LogP contribution is -2.47. The van der Waals surface area contributed by atoms with Crippen LogP contribution in [0.5, 0.6) is 5.75 Å². The summed E-state index contributed by atoms with van der Waals surface area (Å²) in [4.78, 5) is 62.8. The second-order valence-corrected chi connectivity index (χ2v) is 8.69. The lowest BCUT2D eigenvalue weighted by Gasteiger charge is -2.28. The first-order valence-corrected chi connectivity index (χ1v) is 12.8. The van der Waals surface area contributed by atoms with Crippen LogP contribution in [0.25, 0.3) is 6.08 Å². The Morgan fingerprint density at radius 2 is 1.49 bits per heavy atom. The molecule has 4 N–H and O–H groups in total. The molecule has 41 heavy (non-hydrogen) atoms. The van der Waals surface area contributed by atoms with Crippen molar-refractivity contribution in [2.45, 2.75) is 39.7 Å². The number of carboxylic acid groups (broad SMARTS) is 1. The van der Waals surface area contributed by atoms with Crippen molar-refractivity contribution in [3.05, 3.63) is 70.8 Å². The van der Waals surface area contributed by atoms with E-state index in [1.54, 1.807) is 38.1 Å². The fourth-order valence-corrected chi connectivity index (χ4v) is 3.67. The van der Waals surface area contributed by atoms with E-state index in [1.165, 1.54) is 37.3 Å². The molecule has 12 heteroatoms. The van der Waals surface area contributed by atoms with E-state index in [0.29, 0.717) is 11.1 Å². The van der Waals surface area contributed by atoms with E-state index < -0.39 is 42.2 Å². The molecule has 218 valence electrons. The normalized spacial score (nSPS) is 11.6. The second-order valence-electron chi connectivity index (χ2n) is 8.69. The number of amides is 1. The van der Waals surface area contributed by atoms with E-state index >= 15 is 0 Å². The Labute approximate surface area is 237 Å². The second kappa shape index (κ2) is 15.6. The van der Waals surface area contributed by atoms with Crippen LogP contribution in [0.4, 0.5) is 0 Å². The summed E-state index contributed by atoms with van der Waals surface area (Å²) >= 11 is 0. The maximum Gasteiger partial charge on any atom is 0.343 e. The Hall–Kier alpha value is -5.00. The number of hydrogen-bond donors (Lipinski definition) is 3. The van der Waals surface area contributed by atoms with Crippen molar-refractivity contribution in [1.29, 1.82) is 5.41 Å². The number of ether oxygens (including phenoxy) is 3. The molecule has 2 aromatic carbocycles. The molecule has 0 saturated carbocycles. The van der Waals surface area contributed by atoms with Crippen molar-refractivity contribution in [2.75, 3.05) is 19.8 Å². The fourth-order valence-electron chi connectivity index (χ4n) is 3.67. The molecule has 2 aromatic rings. The van der Waals surface area contributed by atoms with Crippen LogP contribution in [-0.4, -0.2) is 71.4 Å².